The molecule has 0 bridgehead atoms. The fourth-order valence-corrected chi connectivity index (χ4v) is 4.36. The topological polar surface area (TPSA) is 111 Å². The molecule has 3 atom stereocenters. The number of hydrogen-bond donors (Lipinski definition) is 3. The lowest BCUT2D eigenvalue weighted by Crippen LogP contribution is -2.46. The van der Waals surface area contributed by atoms with E-state index < -0.39 is 6.04 Å². The smallest absolute Gasteiger partial charge is 0.239 e. The summed E-state index contributed by atoms with van der Waals surface area (Å²) in [5.74, 6) is -0.773. The van der Waals surface area contributed by atoms with E-state index >= 15 is 0 Å². The summed E-state index contributed by atoms with van der Waals surface area (Å²) in [6.45, 7) is 2.84. The molecule has 1 aliphatic rings. The first-order valence-electron chi connectivity index (χ1n) is 11.1. The average Bonchev–Trinajstić information content (AvgIpc) is 3.11. The van der Waals surface area contributed by atoms with Gasteiger partial charge < -0.3 is 20.9 Å². The maximum Gasteiger partial charge on any atom is 0.239 e. The SMILES string of the molecule is CC(=O)Nc1ccc(NC(=O)CN2[C@H](C(=O)N(C)C)C[C@H](NC(C)=O)[C@@H]2c2ccccc2)cc1. The van der Waals surface area contributed by atoms with E-state index in [1.807, 2.05) is 35.2 Å². The molecule has 1 aliphatic heterocycles. The third-order valence-electron chi connectivity index (χ3n) is 5.69. The summed E-state index contributed by atoms with van der Waals surface area (Å²) in [5, 5.41) is 8.51. The lowest BCUT2D eigenvalue weighted by atomic mass is 9.99. The Hall–Kier alpha value is -3.72. The Morgan fingerprint density at radius 3 is 2.00 bits per heavy atom. The molecule has 0 aliphatic carbocycles. The van der Waals surface area contributed by atoms with Crippen molar-refractivity contribution in [3.63, 3.8) is 0 Å². The van der Waals surface area contributed by atoms with E-state index in [1.165, 1.54) is 18.7 Å². The van der Waals surface area contributed by atoms with Gasteiger partial charge in [0.15, 0.2) is 0 Å². The van der Waals surface area contributed by atoms with Gasteiger partial charge in [0.1, 0.15) is 0 Å². The normalized spacial score (nSPS) is 19.8. The molecule has 0 radical (unpaired) electrons. The summed E-state index contributed by atoms with van der Waals surface area (Å²) < 4.78 is 0. The number of nitrogens with one attached hydrogen (secondary N) is 3. The molecular weight excluding hydrogens is 434 g/mol. The summed E-state index contributed by atoms with van der Waals surface area (Å²) in [4.78, 5) is 52.6. The van der Waals surface area contributed by atoms with Crippen molar-refractivity contribution >= 4 is 35.0 Å². The van der Waals surface area contributed by atoms with Crippen LogP contribution in [0.1, 0.15) is 31.9 Å². The number of hydrogen-bond acceptors (Lipinski definition) is 5. The van der Waals surface area contributed by atoms with Crippen molar-refractivity contribution in [1.82, 2.24) is 15.1 Å². The summed E-state index contributed by atoms with van der Waals surface area (Å²) in [6, 6.07) is 15.1. The third kappa shape index (κ3) is 6.20. The van der Waals surface area contributed by atoms with Crippen molar-refractivity contribution in [2.75, 3.05) is 31.3 Å². The Morgan fingerprint density at radius 1 is 0.882 bits per heavy atom. The number of likely N-dealkylation sites (N-methyl/N-ethyl adjacent to an activating group) is 1. The number of benzene rings is 2. The average molecular weight is 466 g/mol. The third-order valence-corrected chi connectivity index (χ3v) is 5.69. The van der Waals surface area contributed by atoms with Gasteiger partial charge >= 0.3 is 0 Å². The molecule has 4 amide bonds. The maximum atomic E-state index is 13.0. The molecule has 0 saturated carbocycles. The zero-order valence-electron chi connectivity index (χ0n) is 19.9. The summed E-state index contributed by atoms with van der Waals surface area (Å²) in [7, 11) is 3.36. The number of rotatable bonds is 7. The molecule has 1 saturated heterocycles. The quantitative estimate of drug-likeness (QED) is 0.579. The fourth-order valence-electron chi connectivity index (χ4n) is 4.36. The summed E-state index contributed by atoms with van der Waals surface area (Å²) >= 11 is 0. The molecule has 9 heteroatoms. The van der Waals surface area contributed by atoms with Gasteiger partial charge in [0.25, 0.3) is 0 Å². The van der Waals surface area contributed by atoms with Crippen LogP contribution in [0.3, 0.4) is 0 Å². The molecule has 1 fully saturated rings. The Labute approximate surface area is 199 Å². The molecule has 3 rings (SSSR count). The van der Waals surface area contributed by atoms with Gasteiger partial charge in [-0.3, -0.25) is 24.1 Å². The highest BCUT2D eigenvalue weighted by molar-refractivity contribution is 5.94. The molecule has 0 unspecified atom stereocenters. The van der Waals surface area contributed by atoms with Crippen LogP contribution >= 0.6 is 0 Å². The van der Waals surface area contributed by atoms with Gasteiger partial charge in [-0.15, -0.1) is 0 Å². The van der Waals surface area contributed by atoms with Crippen LogP contribution in [-0.2, 0) is 19.2 Å². The molecule has 34 heavy (non-hydrogen) atoms. The van der Waals surface area contributed by atoms with E-state index in [4.69, 9.17) is 0 Å². The van der Waals surface area contributed by atoms with Gasteiger partial charge in [-0.25, -0.2) is 0 Å². The lowest BCUT2D eigenvalue weighted by molar-refractivity contribution is -0.134. The van der Waals surface area contributed by atoms with E-state index in [-0.39, 0.29) is 42.3 Å². The van der Waals surface area contributed by atoms with Crippen molar-refractivity contribution in [1.29, 1.82) is 0 Å². The van der Waals surface area contributed by atoms with Gasteiger partial charge in [-0.2, -0.15) is 0 Å². The minimum absolute atomic E-state index is 0.0344. The van der Waals surface area contributed by atoms with Crippen LogP contribution in [-0.4, -0.2) is 66.2 Å². The highest BCUT2D eigenvalue weighted by Gasteiger charge is 2.46. The molecule has 180 valence electrons. The van der Waals surface area contributed by atoms with Crippen LogP contribution in [0, 0.1) is 0 Å². The van der Waals surface area contributed by atoms with Gasteiger partial charge in [-0.1, -0.05) is 30.3 Å². The van der Waals surface area contributed by atoms with Crippen molar-refractivity contribution in [2.24, 2.45) is 0 Å². The molecule has 2 aromatic rings. The Bertz CT molecular complexity index is 1040. The Morgan fingerprint density at radius 2 is 1.47 bits per heavy atom. The maximum absolute atomic E-state index is 13.0. The summed E-state index contributed by atoms with van der Waals surface area (Å²) in [6.07, 6.45) is 0.398. The molecule has 1 heterocycles. The zero-order chi connectivity index (χ0) is 24.8. The first-order valence-corrected chi connectivity index (χ1v) is 11.1. The number of amides is 4. The Kier molecular flexibility index (Phi) is 8.01. The molecule has 0 aromatic heterocycles. The summed E-state index contributed by atoms with van der Waals surface area (Å²) in [5.41, 5.74) is 2.12. The molecule has 0 spiro atoms. The number of anilines is 2. The first kappa shape index (κ1) is 24.9. The van der Waals surface area contributed by atoms with Crippen LogP contribution in [0.15, 0.2) is 54.6 Å². The van der Waals surface area contributed by atoms with Gasteiger partial charge in [0.05, 0.1) is 24.7 Å². The van der Waals surface area contributed by atoms with Crippen LogP contribution in [0.25, 0.3) is 0 Å². The van der Waals surface area contributed by atoms with Crippen LogP contribution in [0.4, 0.5) is 11.4 Å². The largest absolute Gasteiger partial charge is 0.352 e. The minimum Gasteiger partial charge on any atom is -0.352 e. The molecular formula is C25H31N5O4. The number of nitrogens with zero attached hydrogens (tertiary/aromatic N) is 2. The van der Waals surface area contributed by atoms with Gasteiger partial charge in [0.2, 0.25) is 23.6 Å². The number of carbonyl (C=O) groups excluding carboxylic acids is 4. The van der Waals surface area contributed by atoms with E-state index in [0.717, 1.165) is 5.56 Å². The van der Waals surface area contributed by atoms with Crippen molar-refractivity contribution < 1.29 is 19.2 Å². The highest BCUT2D eigenvalue weighted by atomic mass is 16.2. The van der Waals surface area contributed by atoms with Crippen molar-refractivity contribution in [3.05, 3.63) is 60.2 Å². The second-order valence-corrected chi connectivity index (χ2v) is 8.63. The highest BCUT2D eigenvalue weighted by Crippen LogP contribution is 2.37. The van der Waals surface area contributed by atoms with Crippen LogP contribution < -0.4 is 16.0 Å². The first-order chi connectivity index (χ1) is 16.2. The van der Waals surface area contributed by atoms with E-state index in [2.05, 4.69) is 16.0 Å². The van der Waals surface area contributed by atoms with Gasteiger partial charge in [-0.05, 0) is 36.2 Å². The fraction of sp³-hybridized carbons (Fsp3) is 0.360. The predicted molar refractivity (Wildman–Crippen MR) is 130 cm³/mol. The van der Waals surface area contributed by atoms with Crippen molar-refractivity contribution in [3.8, 4) is 0 Å². The molecule has 3 N–H and O–H groups in total. The standard InChI is InChI=1S/C25H31N5O4/c1-16(31)26-19-10-12-20(13-11-19)28-23(33)15-30-22(25(34)29(3)4)14-21(27-17(2)32)24(30)18-8-6-5-7-9-18/h5-13,21-22,24H,14-15H2,1-4H3,(H,26,31)(H,27,32)(H,28,33)/t21-,22-,24-/m0/s1. The monoisotopic (exact) mass is 465 g/mol. The molecule has 2 aromatic carbocycles. The Balaban J connectivity index is 1.85. The minimum atomic E-state index is -0.565. The predicted octanol–water partition coefficient (Wildman–Crippen LogP) is 1.99. The molecule has 9 nitrogen and oxygen atoms in total. The van der Waals surface area contributed by atoms with Crippen LogP contribution in [0.2, 0.25) is 0 Å². The van der Waals surface area contributed by atoms with E-state index in [9.17, 15) is 19.2 Å². The van der Waals surface area contributed by atoms with Gasteiger partial charge in [0, 0.05) is 39.3 Å². The second kappa shape index (κ2) is 10.9. The number of carbonyl (C=O) groups is 4. The second-order valence-electron chi connectivity index (χ2n) is 8.63. The number of likely N-dealkylation sites (tertiary alicyclic amines) is 1. The van der Waals surface area contributed by atoms with Crippen LogP contribution in [0.5, 0.6) is 0 Å². The lowest BCUT2D eigenvalue weighted by Gasteiger charge is -2.31. The van der Waals surface area contributed by atoms with Crippen molar-refractivity contribution in [2.45, 2.75) is 38.4 Å². The van der Waals surface area contributed by atoms with E-state index in [0.29, 0.717) is 17.8 Å². The van der Waals surface area contributed by atoms with E-state index in [1.54, 1.807) is 38.4 Å². The zero-order valence-corrected chi connectivity index (χ0v) is 19.9.